The second kappa shape index (κ2) is 5.80. The third-order valence-electron chi connectivity index (χ3n) is 4.47. The van der Waals surface area contributed by atoms with Crippen LogP contribution in [0.4, 0.5) is 4.39 Å². The molecule has 0 radical (unpaired) electrons. The van der Waals surface area contributed by atoms with Gasteiger partial charge in [-0.3, -0.25) is 0 Å². The zero-order valence-corrected chi connectivity index (χ0v) is 12.5. The Labute approximate surface area is 120 Å². The molecule has 1 aliphatic rings. The largest absolute Gasteiger partial charge is 0.330 e. The van der Waals surface area contributed by atoms with Gasteiger partial charge >= 0.3 is 0 Å². The minimum absolute atomic E-state index is 0.209. The summed E-state index contributed by atoms with van der Waals surface area (Å²) >= 11 is 6.18. The van der Waals surface area contributed by atoms with Crippen molar-refractivity contribution in [3.63, 3.8) is 0 Å². The Bertz CT molecular complexity index is 444. The van der Waals surface area contributed by atoms with Crippen molar-refractivity contribution in [3.05, 3.63) is 34.6 Å². The lowest BCUT2D eigenvalue weighted by Gasteiger charge is -2.40. The highest BCUT2D eigenvalue weighted by atomic mass is 35.5. The molecular formula is C16H23ClFN. The lowest BCUT2D eigenvalue weighted by molar-refractivity contribution is 0.121. The predicted molar refractivity (Wildman–Crippen MR) is 78.8 cm³/mol. The first-order valence-electron chi connectivity index (χ1n) is 7.05. The SMILES string of the molecule is CC1(C)CCC(CN)C(Cc2cc(F)ccc2Cl)C1. The average molecular weight is 284 g/mol. The van der Waals surface area contributed by atoms with Crippen LogP contribution in [0.15, 0.2) is 18.2 Å². The first-order chi connectivity index (χ1) is 8.91. The van der Waals surface area contributed by atoms with E-state index in [1.165, 1.54) is 18.9 Å². The maximum absolute atomic E-state index is 13.3. The maximum atomic E-state index is 13.3. The number of nitrogens with two attached hydrogens (primary N) is 1. The van der Waals surface area contributed by atoms with E-state index in [9.17, 15) is 4.39 Å². The van der Waals surface area contributed by atoms with Crippen molar-refractivity contribution < 1.29 is 4.39 Å². The molecule has 3 heteroatoms. The van der Waals surface area contributed by atoms with Gasteiger partial charge in [-0.25, -0.2) is 4.39 Å². The Kier molecular flexibility index (Phi) is 4.52. The van der Waals surface area contributed by atoms with Gasteiger partial charge < -0.3 is 5.73 Å². The molecule has 2 atom stereocenters. The minimum atomic E-state index is -0.209. The first-order valence-corrected chi connectivity index (χ1v) is 7.43. The summed E-state index contributed by atoms with van der Waals surface area (Å²) in [5.74, 6) is 0.833. The molecule has 1 aromatic rings. The highest BCUT2D eigenvalue weighted by molar-refractivity contribution is 6.31. The molecule has 0 aliphatic heterocycles. The Morgan fingerprint density at radius 3 is 2.79 bits per heavy atom. The van der Waals surface area contributed by atoms with Crippen LogP contribution >= 0.6 is 11.6 Å². The van der Waals surface area contributed by atoms with Crippen LogP contribution in [-0.4, -0.2) is 6.54 Å². The van der Waals surface area contributed by atoms with Gasteiger partial charge in [0.15, 0.2) is 0 Å². The molecule has 19 heavy (non-hydrogen) atoms. The van der Waals surface area contributed by atoms with E-state index in [-0.39, 0.29) is 5.82 Å². The van der Waals surface area contributed by atoms with Crippen LogP contribution in [0.1, 0.15) is 38.7 Å². The minimum Gasteiger partial charge on any atom is -0.330 e. The third-order valence-corrected chi connectivity index (χ3v) is 4.83. The molecule has 0 bridgehead atoms. The molecule has 1 fully saturated rings. The third kappa shape index (κ3) is 3.70. The van der Waals surface area contributed by atoms with Gasteiger partial charge in [0.1, 0.15) is 5.82 Å². The summed E-state index contributed by atoms with van der Waals surface area (Å²) in [5, 5.41) is 0.667. The van der Waals surface area contributed by atoms with Crippen LogP contribution in [0.2, 0.25) is 5.02 Å². The lowest BCUT2D eigenvalue weighted by atomic mass is 9.65. The van der Waals surface area contributed by atoms with Crippen LogP contribution in [0.3, 0.4) is 0 Å². The molecule has 1 aromatic carbocycles. The van der Waals surface area contributed by atoms with E-state index >= 15 is 0 Å². The van der Waals surface area contributed by atoms with E-state index in [0.29, 0.717) is 28.8 Å². The average Bonchev–Trinajstić information content (AvgIpc) is 2.33. The molecule has 1 saturated carbocycles. The molecule has 0 spiro atoms. The molecule has 0 aromatic heterocycles. The highest BCUT2D eigenvalue weighted by Crippen LogP contribution is 2.43. The van der Waals surface area contributed by atoms with Crippen molar-refractivity contribution >= 4 is 11.6 Å². The molecular weight excluding hydrogens is 261 g/mol. The van der Waals surface area contributed by atoms with Crippen LogP contribution in [-0.2, 0) is 6.42 Å². The molecule has 106 valence electrons. The van der Waals surface area contributed by atoms with Crippen LogP contribution in [0.25, 0.3) is 0 Å². The fourth-order valence-corrected chi connectivity index (χ4v) is 3.52. The number of benzene rings is 1. The summed E-state index contributed by atoms with van der Waals surface area (Å²) in [7, 11) is 0. The number of hydrogen-bond acceptors (Lipinski definition) is 1. The summed E-state index contributed by atoms with van der Waals surface area (Å²) in [6, 6.07) is 4.63. The van der Waals surface area contributed by atoms with E-state index < -0.39 is 0 Å². The molecule has 1 nitrogen and oxygen atoms in total. The second-order valence-electron chi connectivity index (χ2n) is 6.60. The number of hydrogen-bond donors (Lipinski definition) is 1. The first kappa shape index (κ1) is 14.8. The van der Waals surface area contributed by atoms with E-state index in [1.807, 2.05) is 0 Å². The van der Waals surface area contributed by atoms with E-state index in [0.717, 1.165) is 18.4 Å². The van der Waals surface area contributed by atoms with Gasteiger partial charge in [-0.1, -0.05) is 25.4 Å². The summed E-state index contributed by atoms with van der Waals surface area (Å²) in [6.07, 6.45) is 4.37. The second-order valence-corrected chi connectivity index (χ2v) is 7.01. The van der Waals surface area contributed by atoms with Gasteiger partial charge in [0.25, 0.3) is 0 Å². The number of rotatable bonds is 3. The van der Waals surface area contributed by atoms with Crippen LogP contribution in [0.5, 0.6) is 0 Å². The molecule has 2 unspecified atom stereocenters. The van der Waals surface area contributed by atoms with E-state index in [2.05, 4.69) is 13.8 Å². The van der Waals surface area contributed by atoms with Crippen molar-refractivity contribution in [3.8, 4) is 0 Å². The zero-order chi connectivity index (χ0) is 14.0. The normalized spacial score (nSPS) is 26.4. The Morgan fingerprint density at radius 2 is 2.11 bits per heavy atom. The summed E-state index contributed by atoms with van der Waals surface area (Å²) < 4.78 is 13.3. The Balaban J connectivity index is 2.16. The monoisotopic (exact) mass is 283 g/mol. The zero-order valence-electron chi connectivity index (χ0n) is 11.8. The quantitative estimate of drug-likeness (QED) is 0.873. The lowest BCUT2D eigenvalue weighted by Crippen LogP contribution is -2.35. The summed E-state index contributed by atoms with van der Waals surface area (Å²) in [6.45, 7) is 5.33. The van der Waals surface area contributed by atoms with Crippen LogP contribution < -0.4 is 5.73 Å². The fourth-order valence-electron chi connectivity index (χ4n) is 3.32. The van der Waals surface area contributed by atoms with Crippen molar-refractivity contribution in [2.24, 2.45) is 23.0 Å². The standard InChI is InChI=1S/C16H23ClFN/c1-16(2)6-5-11(10-19)13(9-16)7-12-8-14(18)3-4-15(12)17/h3-4,8,11,13H,5-7,9-10,19H2,1-2H3. The van der Waals surface area contributed by atoms with Gasteiger partial charge in [0.2, 0.25) is 0 Å². The van der Waals surface area contributed by atoms with Crippen molar-refractivity contribution in [2.45, 2.75) is 39.5 Å². The fraction of sp³-hybridized carbons (Fsp3) is 0.625. The van der Waals surface area contributed by atoms with Gasteiger partial charge in [-0.15, -0.1) is 0 Å². The van der Waals surface area contributed by atoms with E-state index in [1.54, 1.807) is 12.1 Å². The summed E-state index contributed by atoms with van der Waals surface area (Å²) in [4.78, 5) is 0. The maximum Gasteiger partial charge on any atom is 0.123 e. The molecule has 0 heterocycles. The summed E-state index contributed by atoms with van der Waals surface area (Å²) in [5.41, 5.74) is 7.17. The topological polar surface area (TPSA) is 26.0 Å². The molecule has 2 rings (SSSR count). The molecule has 1 aliphatic carbocycles. The Morgan fingerprint density at radius 1 is 1.37 bits per heavy atom. The molecule has 0 saturated heterocycles. The van der Waals surface area contributed by atoms with Crippen molar-refractivity contribution in [1.29, 1.82) is 0 Å². The van der Waals surface area contributed by atoms with Gasteiger partial charge in [-0.2, -0.15) is 0 Å². The van der Waals surface area contributed by atoms with Gasteiger partial charge in [-0.05, 0) is 73.2 Å². The Hall–Kier alpha value is -0.600. The molecule has 2 N–H and O–H groups in total. The smallest absolute Gasteiger partial charge is 0.123 e. The van der Waals surface area contributed by atoms with Crippen molar-refractivity contribution in [1.82, 2.24) is 0 Å². The van der Waals surface area contributed by atoms with Crippen molar-refractivity contribution in [2.75, 3.05) is 6.54 Å². The molecule has 0 amide bonds. The van der Waals surface area contributed by atoms with E-state index in [4.69, 9.17) is 17.3 Å². The number of halogens is 2. The van der Waals surface area contributed by atoms with Gasteiger partial charge in [0, 0.05) is 5.02 Å². The highest BCUT2D eigenvalue weighted by Gasteiger charge is 2.34. The van der Waals surface area contributed by atoms with Gasteiger partial charge in [0.05, 0.1) is 0 Å². The predicted octanol–water partition coefficient (Wildman–Crippen LogP) is 4.42. The van der Waals surface area contributed by atoms with Crippen LogP contribution in [0, 0.1) is 23.1 Å².